The largest absolute Gasteiger partial charge is 0.454 e. The average Bonchev–Trinajstić information content (AvgIpc) is 2.50. The molecule has 1 aliphatic heterocycles. The maximum absolute atomic E-state index is 6.02. The van der Waals surface area contributed by atoms with E-state index in [0.29, 0.717) is 6.79 Å². The molecular weight excluding hydrogens is 178 g/mol. The second kappa shape index (κ2) is 2.89. The fourth-order valence-electron chi connectivity index (χ4n) is 1.56. The Bertz CT molecular complexity index is 366. The van der Waals surface area contributed by atoms with E-state index in [1.54, 1.807) is 0 Å². The van der Waals surface area contributed by atoms with Crippen molar-refractivity contribution in [3.63, 3.8) is 0 Å². The van der Waals surface area contributed by atoms with E-state index in [-0.39, 0.29) is 5.54 Å². The van der Waals surface area contributed by atoms with Gasteiger partial charge < -0.3 is 15.2 Å². The average molecular weight is 193 g/mol. The van der Waals surface area contributed by atoms with Crippen LogP contribution in [0.5, 0.6) is 11.5 Å². The number of benzene rings is 1. The van der Waals surface area contributed by atoms with Crippen molar-refractivity contribution in [3.05, 3.63) is 23.3 Å². The van der Waals surface area contributed by atoms with E-state index in [1.807, 2.05) is 32.9 Å². The van der Waals surface area contributed by atoms with E-state index in [4.69, 9.17) is 15.2 Å². The molecule has 0 radical (unpaired) electrons. The minimum absolute atomic E-state index is 0.310. The van der Waals surface area contributed by atoms with Gasteiger partial charge in [0.1, 0.15) is 0 Å². The lowest BCUT2D eigenvalue weighted by atomic mass is 9.93. The van der Waals surface area contributed by atoms with Crippen LogP contribution in [-0.2, 0) is 5.54 Å². The number of nitrogens with two attached hydrogens (primary N) is 1. The van der Waals surface area contributed by atoms with Crippen LogP contribution in [0.3, 0.4) is 0 Å². The predicted molar refractivity (Wildman–Crippen MR) is 54.5 cm³/mol. The van der Waals surface area contributed by atoms with Gasteiger partial charge in [0, 0.05) is 5.54 Å². The molecule has 0 saturated heterocycles. The number of hydrogen-bond donors (Lipinski definition) is 1. The Morgan fingerprint density at radius 3 is 2.64 bits per heavy atom. The van der Waals surface area contributed by atoms with Gasteiger partial charge in [0.25, 0.3) is 0 Å². The Balaban J connectivity index is 2.52. The zero-order valence-electron chi connectivity index (χ0n) is 8.76. The van der Waals surface area contributed by atoms with Crippen molar-refractivity contribution in [1.82, 2.24) is 0 Å². The van der Waals surface area contributed by atoms with Crippen LogP contribution < -0.4 is 15.2 Å². The van der Waals surface area contributed by atoms with Crippen molar-refractivity contribution in [1.29, 1.82) is 0 Å². The fraction of sp³-hybridized carbons (Fsp3) is 0.455. The van der Waals surface area contributed by atoms with E-state index >= 15 is 0 Å². The predicted octanol–water partition coefficient (Wildman–Crippen LogP) is 1.92. The highest BCUT2D eigenvalue weighted by molar-refractivity contribution is 5.51. The molecule has 0 spiro atoms. The van der Waals surface area contributed by atoms with Crippen LogP contribution in [0.1, 0.15) is 25.0 Å². The zero-order chi connectivity index (χ0) is 10.3. The molecule has 0 amide bonds. The highest BCUT2D eigenvalue weighted by Crippen LogP contribution is 2.38. The third-order valence-corrected chi connectivity index (χ3v) is 2.40. The van der Waals surface area contributed by atoms with Crippen molar-refractivity contribution >= 4 is 0 Å². The Morgan fingerprint density at radius 1 is 1.29 bits per heavy atom. The topological polar surface area (TPSA) is 44.5 Å². The lowest BCUT2D eigenvalue weighted by Crippen LogP contribution is -2.28. The first-order valence-electron chi connectivity index (χ1n) is 4.68. The Hall–Kier alpha value is -1.22. The molecule has 1 aliphatic rings. The Kier molecular flexibility index (Phi) is 1.93. The maximum atomic E-state index is 6.02. The van der Waals surface area contributed by atoms with Crippen molar-refractivity contribution in [2.75, 3.05) is 6.79 Å². The molecule has 2 rings (SSSR count). The van der Waals surface area contributed by atoms with Gasteiger partial charge in [0.05, 0.1) is 0 Å². The summed E-state index contributed by atoms with van der Waals surface area (Å²) in [6.45, 7) is 6.27. The van der Waals surface area contributed by atoms with Crippen molar-refractivity contribution in [3.8, 4) is 11.5 Å². The number of rotatable bonds is 1. The van der Waals surface area contributed by atoms with Crippen LogP contribution in [0.15, 0.2) is 12.1 Å². The molecule has 0 saturated carbocycles. The highest BCUT2D eigenvalue weighted by atomic mass is 16.7. The number of fused-ring (bicyclic) bond motifs is 1. The van der Waals surface area contributed by atoms with Crippen LogP contribution in [0, 0.1) is 6.92 Å². The molecule has 0 fully saturated rings. The van der Waals surface area contributed by atoms with E-state index in [2.05, 4.69) is 0 Å². The normalized spacial score (nSPS) is 14.6. The first kappa shape index (κ1) is 9.34. The summed E-state index contributed by atoms with van der Waals surface area (Å²) in [6.07, 6.45) is 0. The summed E-state index contributed by atoms with van der Waals surface area (Å²) in [7, 11) is 0. The lowest BCUT2D eigenvalue weighted by molar-refractivity contribution is 0.173. The summed E-state index contributed by atoms with van der Waals surface area (Å²) >= 11 is 0. The number of aryl methyl sites for hydroxylation is 1. The Labute approximate surface area is 83.8 Å². The van der Waals surface area contributed by atoms with E-state index in [0.717, 1.165) is 22.6 Å². The molecule has 0 aliphatic carbocycles. The SMILES string of the molecule is Cc1cc(C(C)(C)N)cc2c1OCO2. The molecule has 0 aromatic heterocycles. The van der Waals surface area contributed by atoms with Crippen molar-refractivity contribution in [2.24, 2.45) is 5.73 Å². The number of ether oxygens (including phenoxy) is 2. The van der Waals surface area contributed by atoms with Crippen LogP contribution in [0.25, 0.3) is 0 Å². The van der Waals surface area contributed by atoms with Gasteiger partial charge in [-0.3, -0.25) is 0 Å². The van der Waals surface area contributed by atoms with Gasteiger partial charge in [-0.2, -0.15) is 0 Å². The first-order chi connectivity index (χ1) is 6.48. The second-order valence-electron chi connectivity index (χ2n) is 4.25. The molecule has 2 N–H and O–H groups in total. The molecule has 3 heteroatoms. The van der Waals surface area contributed by atoms with Gasteiger partial charge in [-0.25, -0.2) is 0 Å². The summed E-state index contributed by atoms with van der Waals surface area (Å²) in [6, 6.07) is 4.00. The van der Waals surface area contributed by atoms with Gasteiger partial charge in [0.15, 0.2) is 11.5 Å². The molecule has 0 atom stereocenters. The van der Waals surface area contributed by atoms with Gasteiger partial charge in [-0.1, -0.05) is 6.07 Å². The van der Waals surface area contributed by atoms with Crippen LogP contribution >= 0.6 is 0 Å². The fourth-order valence-corrected chi connectivity index (χ4v) is 1.56. The summed E-state index contributed by atoms with van der Waals surface area (Å²) in [5, 5.41) is 0. The molecule has 0 unspecified atom stereocenters. The molecule has 1 heterocycles. The van der Waals surface area contributed by atoms with Crippen molar-refractivity contribution in [2.45, 2.75) is 26.3 Å². The number of hydrogen-bond acceptors (Lipinski definition) is 3. The molecule has 1 aromatic rings. The summed E-state index contributed by atoms with van der Waals surface area (Å²) in [5.74, 6) is 1.65. The van der Waals surface area contributed by atoms with Gasteiger partial charge in [0.2, 0.25) is 6.79 Å². The quantitative estimate of drug-likeness (QED) is 0.741. The second-order valence-corrected chi connectivity index (χ2v) is 4.25. The lowest BCUT2D eigenvalue weighted by Gasteiger charge is -2.20. The minimum atomic E-state index is -0.342. The highest BCUT2D eigenvalue weighted by Gasteiger charge is 2.22. The Morgan fingerprint density at radius 2 is 2.00 bits per heavy atom. The first-order valence-corrected chi connectivity index (χ1v) is 4.68. The summed E-state index contributed by atoms with van der Waals surface area (Å²) in [5.41, 5.74) is 7.83. The van der Waals surface area contributed by atoms with Crippen LogP contribution in [0.4, 0.5) is 0 Å². The van der Waals surface area contributed by atoms with Gasteiger partial charge in [-0.05, 0) is 38.0 Å². The van der Waals surface area contributed by atoms with Crippen molar-refractivity contribution < 1.29 is 9.47 Å². The molecule has 0 bridgehead atoms. The molecule has 76 valence electrons. The maximum Gasteiger partial charge on any atom is 0.231 e. The minimum Gasteiger partial charge on any atom is -0.454 e. The van der Waals surface area contributed by atoms with Gasteiger partial charge >= 0.3 is 0 Å². The molecule has 14 heavy (non-hydrogen) atoms. The monoisotopic (exact) mass is 193 g/mol. The van der Waals surface area contributed by atoms with E-state index < -0.39 is 0 Å². The van der Waals surface area contributed by atoms with E-state index in [1.165, 1.54) is 0 Å². The summed E-state index contributed by atoms with van der Waals surface area (Å²) in [4.78, 5) is 0. The third kappa shape index (κ3) is 1.44. The smallest absolute Gasteiger partial charge is 0.231 e. The zero-order valence-corrected chi connectivity index (χ0v) is 8.76. The molecular formula is C11H15NO2. The van der Waals surface area contributed by atoms with Crippen LogP contribution in [0.2, 0.25) is 0 Å². The third-order valence-electron chi connectivity index (χ3n) is 2.40. The van der Waals surface area contributed by atoms with Crippen LogP contribution in [-0.4, -0.2) is 6.79 Å². The summed E-state index contributed by atoms with van der Waals surface area (Å²) < 4.78 is 10.7. The van der Waals surface area contributed by atoms with E-state index in [9.17, 15) is 0 Å². The molecule has 1 aromatic carbocycles. The van der Waals surface area contributed by atoms with Gasteiger partial charge in [-0.15, -0.1) is 0 Å². The molecule has 3 nitrogen and oxygen atoms in total. The standard InChI is InChI=1S/C11H15NO2/c1-7-4-8(11(2,3)12)5-9-10(7)14-6-13-9/h4-5H,6,12H2,1-3H3.